The highest BCUT2D eigenvalue weighted by Gasteiger charge is 2.30. The minimum atomic E-state index is -0.828. The summed E-state index contributed by atoms with van der Waals surface area (Å²) in [6.45, 7) is -0.0454. The van der Waals surface area contributed by atoms with E-state index in [9.17, 15) is 14.7 Å². The molecule has 0 saturated carbocycles. The number of aliphatic hydroxyl groups is 2. The molecule has 1 fully saturated rings. The molecule has 8 heteroatoms. The summed E-state index contributed by atoms with van der Waals surface area (Å²) in [5, 5.41) is 18.7. The van der Waals surface area contributed by atoms with Gasteiger partial charge in [0, 0.05) is 6.20 Å². The van der Waals surface area contributed by atoms with Crippen molar-refractivity contribution in [3.63, 3.8) is 0 Å². The monoisotopic (exact) mass is 368 g/mol. The second-order valence-electron chi connectivity index (χ2n) is 4.15. The van der Waals surface area contributed by atoms with Crippen LogP contribution in [0, 0.1) is 3.57 Å². The summed E-state index contributed by atoms with van der Waals surface area (Å²) < 4.78 is 7.02. The molecule has 2 rings (SSSR count). The third-order valence-electron chi connectivity index (χ3n) is 2.94. The molecule has 1 aliphatic rings. The quantitative estimate of drug-likeness (QED) is 0.571. The zero-order chi connectivity index (χ0) is 13.3. The van der Waals surface area contributed by atoms with Gasteiger partial charge in [0.2, 0.25) is 0 Å². The summed E-state index contributed by atoms with van der Waals surface area (Å²) in [7, 11) is 0. The summed E-state index contributed by atoms with van der Waals surface area (Å²) in [6, 6.07) is -0.347. The SMILES string of the molecule is O=c1[nH]c(=O)n([C@H]2CO[C@@H](CO)[C@H](O)C2)cc1I. The van der Waals surface area contributed by atoms with Crippen molar-refractivity contribution in [2.24, 2.45) is 0 Å². The number of aromatic nitrogens is 2. The Bertz CT molecular complexity index is 540. The van der Waals surface area contributed by atoms with Gasteiger partial charge in [-0.2, -0.15) is 0 Å². The Kier molecular flexibility index (Phi) is 4.20. The fraction of sp³-hybridized carbons (Fsp3) is 0.600. The zero-order valence-corrected chi connectivity index (χ0v) is 11.5. The number of ether oxygens (including phenoxy) is 1. The average molecular weight is 368 g/mol. The first-order valence-corrected chi connectivity index (χ1v) is 6.52. The van der Waals surface area contributed by atoms with E-state index in [1.807, 2.05) is 22.6 Å². The molecule has 0 unspecified atom stereocenters. The smallest absolute Gasteiger partial charge is 0.328 e. The molecule has 7 nitrogen and oxygen atoms in total. The molecule has 0 radical (unpaired) electrons. The standard InChI is InChI=1S/C10H13IN2O5/c11-6-2-13(10(17)12-9(6)16)5-1-7(15)8(3-14)18-4-5/h2,5,7-8,14-15H,1,3-4H2,(H,12,16,17)/t5-,7-,8+/m1/s1. The zero-order valence-electron chi connectivity index (χ0n) is 9.38. The van der Waals surface area contributed by atoms with Gasteiger partial charge in [-0.25, -0.2) is 4.79 Å². The summed E-state index contributed by atoms with van der Waals surface area (Å²) in [5.41, 5.74) is -0.953. The third-order valence-corrected chi connectivity index (χ3v) is 3.71. The fourth-order valence-corrected chi connectivity index (χ4v) is 2.38. The second kappa shape index (κ2) is 5.51. The van der Waals surface area contributed by atoms with Gasteiger partial charge in [-0.1, -0.05) is 0 Å². The van der Waals surface area contributed by atoms with Crippen molar-refractivity contribution >= 4 is 22.6 Å². The molecule has 0 bridgehead atoms. The third kappa shape index (κ3) is 2.66. The maximum absolute atomic E-state index is 11.7. The number of H-pyrrole nitrogens is 1. The summed E-state index contributed by atoms with van der Waals surface area (Å²) in [5.74, 6) is 0. The van der Waals surface area contributed by atoms with Gasteiger partial charge in [-0.15, -0.1) is 0 Å². The molecule has 0 aliphatic carbocycles. The lowest BCUT2D eigenvalue weighted by Gasteiger charge is -2.33. The number of aromatic amines is 1. The molecular formula is C10H13IN2O5. The largest absolute Gasteiger partial charge is 0.394 e. The van der Waals surface area contributed by atoms with Crippen LogP contribution in [0.25, 0.3) is 0 Å². The first-order valence-electron chi connectivity index (χ1n) is 5.44. The lowest BCUT2D eigenvalue weighted by Crippen LogP contribution is -2.44. The van der Waals surface area contributed by atoms with Crippen molar-refractivity contribution in [2.75, 3.05) is 13.2 Å². The van der Waals surface area contributed by atoms with Gasteiger partial charge in [0.05, 0.1) is 28.9 Å². The Balaban J connectivity index is 2.26. The number of rotatable bonds is 2. The predicted octanol–water partition coefficient (Wildman–Crippen LogP) is -1.18. The van der Waals surface area contributed by atoms with E-state index >= 15 is 0 Å². The minimum absolute atomic E-state index is 0.213. The number of nitrogens with zero attached hydrogens (tertiary/aromatic N) is 1. The van der Waals surface area contributed by atoms with E-state index in [0.29, 0.717) is 9.99 Å². The number of aliphatic hydroxyl groups excluding tert-OH is 2. The van der Waals surface area contributed by atoms with Gasteiger partial charge in [0.1, 0.15) is 6.10 Å². The van der Waals surface area contributed by atoms with Crippen LogP contribution in [-0.2, 0) is 4.74 Å². The first kappa shape index (κ1) is 13.7. The van der Waals surface area contributed by atoms with Crippen LogP contribution in [0.2, 0.25) is 0 Å². The van der Waals surface area contributed by atoms with E-state index in [4.69, 9.17) is 9.84 Å². The Morgan fingerprint density at radius 3 is 2.89 bits per heavy atom. The molecular weight excluding hydrogens is 355 g/mol. The highest BCUT2D eigenvalue weighted by atomic mass is 127. The fourth-order valence-electron chi connectivity index (χ4n) is 1.94. The average Bonchev–Trinajstić information content (AvgIpc) is 2.33. The van der Waals surface area contributed by atoms with Gasteiger partial charge < -0.3 is 14.9 Å². The van der Waals surface area contributed by atoms with Gasteiger partial charge in [-0.3, -0.25) is 14.3 Å². The van der Waals surface area contributed by atoms with E-state index in [0.717, 1.165) is 0 Å². The van der Waals surface area contributed by atoms with Crippen molar-refractivity contribution < 1.29 is 14.9 Å². The number of hydrogen-bond acceptors (Lipinski definition) is 5. The van der Waals surface area contributed by atoms with Crippen LogP contribution in [-0.4, -0.2) is 45.2 Å². The maximum Gasteiger partial charge on any atom is 0.328 e. The van der Waals surface area contributed by atoms with Crippen molar-refractivity contribution in [1.82, 2.24) is 9.55 Å². The Labute approximate surface area is 116 Å². The Morgan fingerprint density at radius 2 is 2.28 bits per heavy atom. The molecule has 1 saturated heterocycles. The highest BCUT2D eigenvalue weighted by molar-refractivity contribution is 14.1. The van der Waals surface area contributed by atoms with Gasteiger partial charge in [0.25, 0.3) is 5.56 Å². The number of hydrogen-bond donors (Lipinski definition) is 3. The van der Waals surface area contributed by atoms with Gasteiger partial charge >= 0.3 is 5.69 Å². The van der Waals surface area contributed by atoms with E-state index in [2.05, 4.69) is 4.98 Å². The van der Waals surface area contributed by atoms with Crippen LogP contribution >= 0.6 is 22.6 Å². The molecule has 3 atom stereocenters. The van der Waals surface area contributed by atoms with Crippen LogP contribution in [0.15, 0.2) is 15.8 Å². The van der Waals surface area contributed by atoms with Crippen molar-refractivity contribution in [3.05, 3.63) is 30.6 Å². The molecule has 18 heavy (non-hydrogen) atoms. The van der Waals surface area contributed by atoms with Crippen LogP contribution in [0.5, 0.6) is 0 Å². The Morgan fingerprint density at radius 1 is 1.56 bits per heavy atom. The van der Waals surface area contributed by atoms with Crippen LogP contribution in [0.3, 0.4) is 0 Å². The Hall–Kier alpha value is -0.710. The van der Waals surface area contributed by atoms with E-state index in [1.54, 1.807) is 0 Å². The highest BCUT2D eigenvalue weighted by Crippen LogP contribution is 2.22. The van der Waals surface area contributed by atoms with Gasteiger partial charge in [0.15, 0.2) is 0 Å². The van der Waals surface area contributed by atoms with Crippen LogP contribution in [0.1, 0.15) is 12.5 Å². The van der Waals surface area contributed by atoms with Crippen molar-refractivity contribution in [2.45, 2.75) is 24.7 Å². The molecule has 100 valence electrons. The molecule has 2 heterocycles. The lowest BCUT2D eigenvalue weighted by molar-refractivity contribution is -0.113. The van der Waals surface area contributed by atoms with Crippen molar-refractivity contribution in [1.29, 1.82) is 0 Å². The van der Waals surface area contributed by atoms with E-state index < -0.39 is 23.5 Å². The van der Waals surface area contributed by atoms with Crippen LogP contribution in [0.4, 0.5) is 0 Å². The number of halogens is 1. The van der Waals surface area contributed by atoms with E-state index in [-0.39, 0.29) is 19.3 Å². The normalized spacial score (nSPS) is 28.3. The second-order valence-corrected chi connectivity index (χ2v) is 5.32. The van der Waals surface area contributed by atoms with Gasteiger partial charge in [-0.05, 0) is 29.0 Å². The summed E-state index contributed by atoms with van der Waals surface area (Å²) in [4.78, 5) is 25.1. The lowest BCUT2D eigenvalue weighted by atomic mass is 10.0. The molecule has 0 amide bonds. The molecule has 0 spiro atoms. The number of nitrogens with one attached hydrogen (secondary N) is 1. The van der Waals surface area contributed by atoms with E-state index in [1.165, 1.54) is 10.8 Å². The topological polar surface area (TPSA) is 105 Å². The molecule has 1 aromatic heterocycles. The summed E-state index contributed by atoms with van der Waals surface area (Å²) in [6.07, 6.45) is 0.304. The molecule has 1 aromatic rings. The predicted molar refractivity (Wildman–Crippen MR) is 70.5 cm³/mol. The molecule has 1 aliphatic heterocycles. The first-order chi connectivity index (χ1) is 8.52. The van der Waals surface area contributed by atoms with Crippen molar-refractivity contribution in [3.8, 4) is 0 Å². The minimum Gasteiger partial charge on any atom is -0.394 e. The molecule has 3 N–H and O–H groups in total. The maximum atomic E-state index is 11.7. The summed E-state index contributed by atoms with van der Waals surface area (Å²) >= 11 is 1.83. The molecule has 0 aromatic carbocycles. The van der Waals surface area contributed by atoms with Crippen LogP contribution < -0.4 is 11.2 Å².